The summed E-state index contributed by atoms with van der Waals surface area (Å²) in [7, 11) is 0. The molecule has 0 saturated heterocycles. The van der Waals surface area contributed by atoms with E-state index in [-0.39, 0.29) is 23.2 Å². The van der Waals surface area contributed by atoms with Crippen molar-refractivity contribution in [2.75, 3.05) is 0 Å². The Balaban J connectivity index is 5.24. The highest BCUT2D eigenvalue weighted by atomic mass is 16.5. The van der Waals surface area contributed by atoms with Gasteiger partial charge in [0.05, 0.1) is 23.4 Å². The van der Waals surface area contributed by atoms with Crippen LogP contribution in [0.5, 0.6) is 0 Å². The number of aliphatic hydroxyl groups is 2. The van der Waals surface area contributed by atoms with Crippen LogP contribution in [0.25, 0.3) is 0 Å². The van der Waals surface area contributed by atoms with Gasteiger partial charge in [-0.3, -0.25) is 0 Å². The van der Waals surface area contributed by atoms with E-state index in [0.29, 0.717) is 5.92 Å². The molecule has 0 bridgehead atoms. The minimum absolute atomic E-state index is 0.120. The van der Waals surface area contributed by atoms with Gasteiger partial charge in [0, 0.05) is 0 Å². The van der Waals surface area contributed by atoms with Crippen LogP contribution in [-0.2, 0) is 4.74 Å². The molecule has 2 N–H and O–H groups in total. The van der Waals surface area contributed by atoms with Gasteiger partial charge in [-0.1, -0.05) is 54.4 Å². The number of ether oxygens (including phenoxy) is 1. The predicted octanol–water partition coefficient (Wildman–Crippen LogP) is 6.10. The van der Waals surface area contributed by atoms with E-state index < -0.39 is 5.60 Å². The molecule has 3 heteroatoms. The third-order valence-corrected chi connectivity index (χ3v) is 6.91. The zero-order chi connectivity index (χ0) is 20.6. The smallest absolute Gasteiger partial charge is 0.0659 e. The summed E-state index contributed by atoms with van der Waals surface area (Å²) in [6.07, 6.45) is 6.96. The van der Waals surface area contributed by atoms with Crippen LogP contribution in [0.3, 0.4) is 0 Å². The van der Waals surface area contributed by atoms with Crippen molar-refractivity contribution in [3.05, 3.63) is 0 Å². The second kappa shape index (κ2) is 11.0. The Morgan fingerprint density at radius 2 is 1.46 bits per heavy atom. The molecular formula is C23H48O3. The first-order valence-corrected chi connectivity index (χ1v) is 11.0. The molecule has 5 atom stereocenters. The highest BCUT2D eigenvalue weighted by Gasteiger charge is 2.39. The van der Waals surface area contributed by atoms with Gasteiger partial charge < -0.3 is 14.9 Å². The predicted molar refractivity (Wildman–Crippen MR) is 112 cm³/mol. The Bertz CT molecular complexity index is 380. The van der Waals surface area contributed by atoms with Crippen LogP contribution in [0.15, 0.2) is 0 Å². The quantitative estimate of drug-likeness (QED) is 0.387. The summed E-state index contributed by atoms with van der Waals surface area (Å²) in [6.45, 7) is 19.1. The zero-order valence-corrected chi connectivity index (χ0v) is 19.2. The molecule has 0 aliphatic carbocycles. The molecule has 158 valence electrons. The lowest BCUT2D eigenvalue weighted by Gasteiger charge is -2.43. The van der Waals surface area contributed by atoms with E-state index in [1.807, 2.05) is 6.92 Å². The lowest BCUT2D eigenvalue weighted by Crippen LogP contribution is -2.44. The average molecular weight is 373 g/mol. The highest BCUT2D eigenvalue weighted by Crippen LogP contribution is 2.39. The van der Waals surface area contributed by atoms with Crippen LogP contribution < -0.4 is 0 Å². The van der Waals surface area contributed by atoms with Crippen LogP contribution in [0.2, 0.25) is 0 Å². The monoisotopic (exact) mass is 372 g/mol. The number of rotatable bonds is 14. The molecule has 0 spiro atoms. The van der Waals surface area contributed by atoms with Crippen LogP contribution >= 0.6 is 0 Å². The van der Waals surface area contributed by atoms with Gasteiger partial charge in [-0.2, -0.15) is 0 Å². The number of aliphatic hydroxyl groups excluding tert-OH is 1. The summed E-state index contributed by atoms with van der Waals surface area (Å²) in [6, 6.07) is 0. The molecule has 0 aromatic rings. The SMILES string of the molecule is CCCC(O)(CC)CC(CC)C(C)(C)OC(CC)CC(C)(CC)C(C)O. The van der Waals surface area contributed by atoms with Gasteiger partial charge in [-0.05, 0) is 70.6 Å². The van der Waals surface area contributed by atoms with Gasteiger partial charge in [0.1, 0.15) is 0 Å². The van der Waals surface area contributed by atoms with E-state index in [9.17, 15) is 10.2 Å². The zero-order valence-electron chi connectivity index (χ0n) is 19.2. The largest absolute Gasteiger partial charge is 0.393 e. The normalized spacial score (nSPS) is 20.9. The molecule has 0 heterocycles. The summed E-state index contributed by atoms with van der Waals surface area (Å²) < 4.78 is 6.63. The molecule has 0 radical (unpaired) electrons. The van der Waals surface area contributed by atoms with E-state index in [1.54, 1.807) is 0 Å². The molecular weight excluding hydrogens is 324 g/mol. The van der Waals surface area contributed by atoms with Crippen molar-refractivity contribution >= 4 is 0 Å². The first kappa shape index (κ1) is 25.9. The summed E-state index contributed by atoms with van der Waals surface area (Å²) in [4.78, 5) is 0. The minimum atomic E-state index is -0.588. The van der Waals surface area contributed by atoms with Crippen molar-refractivity contribution in [2.45, 2.75) is 137 Å². The molecule has 0 fully saturated rings. The fraction of sp³-hybridized carbons (Fsp3) is 1.00. The van der Waals surface area contributed by atoms with E-state index >= 15 is 0 Å². The van der Waals surface area contributed by atoms with E-state index in [1.165, 1.54) is 0 Å². The molecule has 0 saturated carbocycles. The maximum absolute atomic E-state index is 11.0. The fourth-order valence-corrected chi connectivity index (χ4v) is 4.15. The summed E-state index contributed by atoms with van der Waals surface area (Å²) >= 11 is 0. The lowest BCUT2D eigenvalue weighted by molar-refractivity contribution is -0.142. The molecule has 0 rings (SSSR count). The van der Waals surface area contributed by atoms with E-state index in [4.69, 9.17) is 4.74 Å². The van der Waals surface area contributed by atoms with Crippen LogP contribution in [0.4, 0.5) is 0 Å². The van der Waals surface area contributed by atoms with Crippen molar-refractivity contribution in [1.82, 2.24) is 0 Å². The molecule has 26 heavy (non-hydrogen) atoms. The van der Waals surface area contributed by atoms with Gasteiger partial charge in [0.2, 0.25) is 0 Å². The standard InChI is InChI=1S/C23H48O3/c1-10-15-23(25,14-5)16-19(11-2)21(7,8)26-20(12-3)17-22(9,13-4)18(6)24/h18-20,24-25H,10-17H2,1-9H3. The van der Waals surface area contributed by atoms with Crippen molar-refractivity contribution in [1.29, 1.82) is 0 Å². The fourth-order valence-electron chi connectivity index (χ4n) is 4.15. The topological polar surface area (TPSA) is 49.7 Å². The lowest BCUT2D eigenvalue weighted by atomic mass is 9.75. The summed E-state index contributed by atoms with van der Waals surface area (Å²) in [5.41, 5.74) is -1.00. The molecule has 0 aliphatic rings. The van der Waals surface area contributed by atoms with Gasteiger partial charge in [-0.15, -0.1) is 0 Å². The maximum atomic E-state index is 11.0. The Morgan fingerprint density at radius 1 is 0.885 bits per heavy atom. The van der Waals surface area contributed by atoms with Crippen LogP contribution in [0.1, 0.15) is 114 Å². The van der Waals surface area contributed by atoms with Gasteiger partial charge in [0.15, 0.2) is 0 Å². The van der Waals surface area contributed by atoms with Gasteiger partial charge in [0.25, 0.3) is 0 Å². The number of hydrogen-bond donors (Lipinski definition) is 2. The van der Waals surface area contributed by atoms with Gasteiger partial charge in [-0.25, -0.2) is 0 Å². The first-order valence-electron chi connectivity index (χ1n) is 11.0. The summed E-state index contributed by atoms with van der Waals surface area (Å²) in [5.74, 6) is 0.312. The highest BCUT2D eigenvalue weighted by molar-refractivity contribution is 4.89. The molecule has 0 aliphatic heterocycles. The number of hydrogen-bond acceptors (Lipinski definition) is 3. The van der Waals surface area contributed by atoms with Crippen LogP contribution in [0, 0.1) is 11.3 Å². The average Bonchev–Trinajstić information content (AvgIpc) is 2.58. The third-order valence-electron chi connectivity index (χ3n) is 6.91. The third kappa shape index (κ3) is 7.48. The first-order chi connectivity index (χ1) is 11.9. The summed E-state index contributed by atoms with van der Waals surface area (Å²) in [5, 5.41) is 21.2. The van der Waals surface area contributed by atoms with E-state index in [2.05, 4.69) is 55.4 Å². The van der Waals surface area contributed by atoms with Crippen molar-refractivity contribution in [3.8, 4) is 0 Å². The Labute approximate surface area is 163 Å². The minimum Gasteiger partial charge on any atom is -0.393 e. The Hall–Kier alpha value is -0.120. The van der Waals surface area contributed by atoms with Crippen molar-refractivity contribution in [3.63, 3.8) is 0 Å². The molecule has 0 amide bonds. The Kier molecular flexibility index (Phi) is 11.0. The molecule has 5 unspecified atom stereocenters. The van der Waals surface area contributed by atoms with Crippen molar-refractivity contribution in [2.24, 2.45) is 11.3 Å². The molecule has 0 aromatic heterocycles. The van der Waals surface area contributed by atoms with E-state index in [0.717, 1.165) is 51.4 Å². The second-order valence-corrected chi connectivity index (χ2v) is 9.28. The van der Waals surface area contributed by atoms with Crippen LogP contribution in [-0.4, -0.2) is 33.6 Å². The molecule has 3 nitrogen and oxygen atoms in total. The van der Waals surface area contributed by atoms with Gasteiger partial charge >= 0.3 is 0 Å². The maximum Gasteiger partial charge on any atom is 0.0659 e. The Morgan fingerprint density at radius 3 is 1.81 bits per heavy atom. The molecule has 0 aromatic carbocycles. The second-order valence-electron chi connectivity index (χ2n) is 9.28. The van der Waals surface area contributed by atoms with Crippen molar-refractivity contribution < 1.29 is 14.9 Å².